The van der Waals surface area contributed by atoms with E-state index in [1.54, 1.807) is 6.07 Å². The Morgan fingerprint density at radius 1 is 1.15 bits per heavy atom. The predicted octanol–water partition coefficient (Wildman–Crippen LogP) is 4.44. The zero-order valence-electron chi connectivity index (χ0n) is 19.5. The molecule has 4 heterocycles. The van der Waals surface area contributed by atoms with E-state index in [2.05, 4.69) is 30.7 Å². The first kappa shape index (κ1) is 21.8. The van der Waals surface area contributed by atoms with Crippen LogP contribution in [0.5, 0.6) is 0 Å². The molecule has 33 heavy (non-hydrogen) atoms. The number of hydrogen-bond acceptors (Lipinski definition) is 6. The molecule has 0 radical (unpaired) electrons. The predicted molar refractivity (Wildman–Crippen MR) is 127 cm³/mol. The molecular weight excluding hydrogens is 418 g/mol. The van der Waals surface area contributed by atoms with E-state index in [4.69, 9.17) is 14.8 Å². The number of carboxylic acid groups (broad SMARTS) is 1. The molecule has 0 amide bonds. The number of carbonyl (C=O) groups is 1. The van der Waals surface area contributed by atoms with Crippen molar-refractivity contribution in [2.24, 2.45) is 0 Å². The van der Waals surface area contributed by atoms with Gasteiger partial charge < -0.3 is 14.7 Å². The van der Waals surface area contributed by atoms with Gasteiger partial charge >= 0.3 is 5.97 Å². The Labute approximate surface area is 193 Å². The van der Waals surface area contributed by atoms with E-state index < -0.39 is 5.97 Å². The maximum Gasteiger partial charge on any atom is 0.354 e. The quantitative estimate of drug-likeness (QED) is 0.629. The SMILES string of the molecule is CC(C)(C)c1nn(C2CCCC2)c2nc(C(=O)O)cc(-c3ccc(N4CCOCC4)nc3)c12. The number of fused-ring (bicyclic) bond motifs is 1. The van der Waals surface area contributed by atoms with Gasteiger partial charge in [0.05, 0.1) is 30.3 Å². The minimum Gasteiger partial charge on any atom is -0.477 e. The van der Waals surface area contributed by atoms with Gasteiger partial charge in [0.15, 0.2) is 11.3 Å². The summed E-state index contributed by atoms with van der Waals surface area (Å²) in [5.74, 6) is -0.129. The van der Waals surface area contributed by atoms with Gasteiger partial charge in [0.2, 0.25) is 0 Å². The van der Waals surface area contributed by atoms with Crippen molar-refractivity contribution >= 4 is 22.8 Å². The Hall–Kier alpha value is -3.00. The van der Waals surface area contributed by atoms with Crippen LogP contribution in [0.1, 0.15) is 68.7 Å². The Kier molecular flexibility index (Phi) is 5.56. The molecule has 174 valence electrons. The molecule has 1 saturated heterocycles. The number of pyridine rings is 2. The normalized spacial score (nSPS) is 17.7. The van der Waals surface area contributed by atoms with Crippen LogP contribution in [0.25, 0.3) is 22.2 Å². The second-order valence-electron chi connectivity index (χ2n) is 10.0. The molecule has 0 atom stereocenters. The highest BCUT2D eigenvalue weighted by Crippen LogP contribution is 2.40. The van der Waals surface area contributed by atoms with E-state index in [-0.39, 0.29) is 17.2 Å². The maximum atomic E-state index is 12.0. The summed E-state index contributed by atoms with van der Waals surface area (Å²) in [5.41, 5.74) is 3.13. The molecule has 1 N–H and O–H groups in total. The molecule has 0 spiro atoms. The summed E-state index contributed by atoms with van der Waals surface area (Å²) < 4.78 is 7.44. The van der Waals surface area contributed by atoms with Crippen LogP contribution in [-0.2, 0) is 10.2 Å². The second kappa shape index (κ2) is 8.41. The highest BCUT2D eigenvalue weighted by atomic mass is 16.5. The molecule has 1 aliphatic carbocycles. The van der Waals surface area contributed by atoms with Crippen molar-refractivity contribution in [1.82, 2.24) is 19.7 Å². The molecule has 5 rings (SSSR count). The number of hydrogen-bond donors (Lipinski definition) is 1. The van der Waals surface area contributed by atoms with Crippen LogP contribution >= 0.6 is 0 Å². The molecule has 2 aliphatic rings. The van der Waals surface area contributed by atoms with E-state index in [0.717, 1.165) is 66.8 Å². The zero-order valence-corrected chi connectivity index (χ0v) is 19.5. The van der Waals surface area contributed by atoms with Crippen LogP contribution in [0.15, 0.2) is 24.4 Å². The smallest absolute Gasteiger partial charge is 0.354 e. The minimum atomic E-state index is -1.03. The third-order valence-corrected chi connectivity index (χ3v) is 6.66. The van der Waals surface area contributed by atoms with E-state index >= 15 is 0 Å². The number of morpholine rings is 1. The molecule has 3 aromatic heterocycles. The van der Waals surface area contributed by atoms with Crippen LogP contribution in [0.3, 0.4) is 0 Å². The van der Waals surface area contributed by atoms with Gasteiger partial charge in [0, 0.05) is 30.3 Å². The van der Waals surface area contributed by atoms with Crippen molar-refractivity contribution in [3.8, 4) is 11.1 Å². The van der Waals surface area contributed by atoms with Crippen LogP contribution < -0.4 is 4.90 Å². The molecular formula is C25H31N5O3. The van der Waals surface area contributed by atoms with Crippen LogP contribution in [0, 0.1) is 0 Å². The summed E-state index contributed by atoms with van der Waals surface area (Å²) in [4.78, 5) is 23.5. The lowest BCUT2D eigenvalue weighted by molar-refractivity contribution is 0.0691. The number of carboxylic acids is 1. The maximum absolute atomic E-state index is 12.0. The standard InChI is InChI=1S/C25H31N5O3/c1-25(2,3)22-21-18(16-8-9-20(26-15-16)29-10-12-33-13-11-29)14-19(24(31)32)27-23(21)30(28-22)17-6-4-5-7-17/h8-9,14-15,17H,4-7,10-13H2,1-3H3,(H,31,32). The average Bonchev–Trinajstić information content (AvgIpc) is 3.47. The van der Waals surface area contributed by atoms with Crippen LogP contribution in [0.2, 0.25) is 0 Å². The lowest BCUT2D eigenvalue weighted by Gasteiger charge is -2.27. The number of ether oxygens (including phenoxy) is 1. The average molecular weight is 450 g/mol. The third kappa shape index (κ3) is 4.08. The molecule has 1 aliphatic heterocycles. The number of nitrogens with zero attached hydrogens (tertiary/aromatic N) is 5. The molecule has 0 bridgehead atoms. The molecule has 8 heteroatoms. The molecule has 3 aromatic rings. The van der Waals surface area contributed by atoms with E-state index in [1.807, 2.05) is 23.0 Å². The fourth-order valence-corrected chi connectivity index (χ4v) is 4.93. The summed E-state index contributed by atoms with van der Waals surface area (Å²) in [5, 5.41) is 15.8. The van der Waals surface area contributed by atoms with Gasteiger partial charge in [-0.3, -0.25) is 0 Å². The fourth-order valence-electron chi connectivity index (χ4n) is 4.93. The summed E-state index contributed by atoms with van der Waals surface area (Å²) in [6.45, 7) is 9.46. The van der Waals surface area contributed by atoms with Crippen LogP contribution in [0.4, 0.5) is 5.82 Å². The van der Waals surface area contributed by atoms with Gasteiger partial charge in [-0.05, 0) is 36.6 Å². The van der Waals surface area contributed by atoms with Gasteiger partial charge in [-0.2, -0.15) is 5.10 Å². The van der Waals surface area contributed by atoms with E-state index in [9.17, 15) is 9.90 Å². The first-order valence-corrected chi connectivity index (χ1v) is 11.8. The van der Waals surface area contributed by atoms with Crippen molar-refractivity contribution in [3.05, 3.63) is 35.8 Å². The number of anilines is 1. The van der Waals surface area contributed by atoms with Gasteiger partial charge in [0.25, 0.3) is 0 Å². The first-order valence-electron chi connectivity index (χ1n) is 11.8. The van der Waals surface area contributed by atoms with Crippen molar-refractivity contribution in [3.63, 3.8) is 0 Å². The number of rotatable bonds is 4. The number of aromatic nitrogens is 4. The zero-order chi connectivity index (χ0) is 23.2. The van der Waals surface area contributed by atoms with Crippen molar-refractivity contribution in [2.45, 2.75) is 57.9 Å². The summed E-state index contributed by atoms with van der Waals surface area (Å²) >= 11 is 0. The second-order valence-corrected chi connectivity index (χ2v) is 10.0. The lowest BCUT2D eigenvalue weighted by atomic mass is 9.88. The summed E-state index contributed by atoms with van der Waals surface area (Å²) in [6, 6.07) is 5.96. The van der Waals surface area contributed by atoms with E-state index in [0.29, 0.717) is 18.9 Å². The summed E-state index contributed by atoms with van der Waals surface area (Å²) in [6.07, 6.45) is 6.25. The van der Waals surface area contributed by atoms with Crippen molar-refractivity contribution < 1.29 is 14.6 Å². The molecule has 8 nitrogen and oxygen atoms in total. The Bertz CT molecular complexity index is 1170. The topological polar surface area (TPSA) is 93.4 Å². The Balaban J connectivity index is 1.69. The largest absolute Gasteiger partial charge is 0.477 e. The first-order chi connectivity index (χ1) is 15.8. The monoisotopic (exact) mass is 449 g/mol. The molecule has 2 fully saturated rings. The molecule has 0 unspecified atom stereocenters. The third-order valence-electron chi connectivity index (χ3n) is 6.66. The fraction of sp³-hybridized carbons (Fsp3) is 0.520. The van der Waals surface area contributed by atoms with Crippen molar-refractivity contribution in [2.75, 3.05) is 31.2 Å². The van der Waals surface area contributed by atoms with Crippen LogP contribution in [-0.4, -0.2) is 57.1 Å². The van der Waals surface area contributed by atoms with Crippen molar-refractivity contribution in [1.29, 1.82) is 0 Å². The molecule has 1 saturated carbocycles. The molecule has 0 aromatic carbocycles. The van der Waals surface area contributed by atoms with Gasteiger partial charge in [-0.25, -0.2) is 19.4 Å². The minimum absolute atomic E-state index is 0.0364. The summed E-state index contributed by atoms with van der Waals surface area (Å²) in [7, 11) is 0. The Morgan fingerprint density at radius 3 is 2.48 bits per heavy atom. The van der Waals surface area contributed by atoms with Gasteiger partial charge in [0.1, 0.15) is 5.82 Å². The Morgan fingerprint density at radius 2 is 1.88 bits per heavy atom. The van der Waals surface area contributed by atoms with Gasteiger partial charge in [-0.15, -0.1) is 0 Å². The lowest BCUT2D eigenvalue weighted by Crippen LogP contribution is -2.36. The highest BCUT2D eigenvalue weighted by molar-refractivity contribution is 6.00. The van der Waals surface area contributed by atoms with E-state index in [1.165, 1.54) is 0 Å². The number of aromatic carboxylic acids is 1. The van der Waals surface area contributed by atoms with Gasteiger partial charge in [-0.1, -0.05) is 33.6 Å². The highest BCUT2D eigenvalue weighted by Gasteiger charge is 2.30.